The van der Waals surface area contributed by atoms with Crippen molar-refractivity contribution >= 4 is 29.3 Å². The van der Waals surface area contributed by atoms with Crippen LogP contribution in [0, 0.1) is 0 Å². The molecular formula is C13H12N4O3S. The van der Waals surface area contributed by atoms with Crippen molar-refractivity contribution in [2.75, 3.05) is 12.4 Å². The van der Waals surface area contributed by atoms with Gasteiger partial charge in [-0.1, -0.05) is 11.8 Å². The van der Waals surface area contributed by atoms with E-state index in [1.54, 1.807) is 31.4 Å². The molecule has 1 amide bonds. The Morgan fingerprint density at radius 1 is 1.43 bits per heavy atom. The van der Waals surface area contributed by atoms with E-state index < -0.39 is 5.25 Å². The molecule has 0 aliphatic carbocycles. The van der Waals surface area contributed by atoms with Gasteiger partial charge in [0.1, 0.15) is 17.3 Å². The summed E-state index contributed by atoms with van der Waals surface area (Å²) in [6.45, 7) is 0. The van der Waals surface area contributed by atoms with Gasteiger partial charge in [0.15, 0.2) is 5.16 Å². The molecule has 108 valence electrons. The minimum atomic E-state index is -0.503. The summed E-state index contributed by atoms with van der Waals surface area (Å²) < 4.78 is 6.42. The molecule has 0 spiro atoms. The number of hydrogen-bond donors (Lipinski definition) is 1. The number of fused-ring (bicyclic) bond motifs is 1. The van der Waals surface area contributed by atoms with Crippen LogP contribution in [0.3, 0.4) is 0 Å². The zero-order valence-electron chi connectivity index (χ0n) is 11.1. The first-order valence-corrected chi connectivity index (χ1v) is 7.10. The van der Waals surface area contributed by atoms with Crippen molar-refractivity contribution in [2.45, 2.75) is 16.8 Å². The predicted octanol–water partition coefficient (Wildman–Crippen LogP) is 1.43. The van der Waals surface area contributed by atoms with Crippen molar-refractivity contribution in [3.63, 3.8) is 0 Å². The molecule has 1 aliphatic rings. The van der Waals surface area contributed by atoms with Crippen molar-refractivity contribution in [3.05, 3.63) is 30.6 Å². The largest absolute Gasteiger partial charge is 0.497 e. The molecule has 1 atom stereocenters. The number of hydrogen-bond acceptors (Lipinski definition) is 6. The molecule has 0 saturated heterocycles. The summed E-state index contributed by atoms with van der Waals surface area (Å²) in [7, 11) is 1.58. The zero-order chi connectivity index (χ0) is 14.8. The summed E-state index contributed by atoms with van der Waals surface area (Å²) in [5.74, 6) is 0.305. The quantitative estimate of drug-likeness (QED) is 0.923. The van der Waals surface area contributed by atoms with E-state index in [9.17, 15) is 9.59 Å². The van der Waals surface area contributed by atoms with Gasteiger partial charge in [0, 0.05) is 12.1 Å². The molecule has 7 nitrogen and oxygen atoms in total. The highest BCUT2D eigenvalue weighted by molar-refractivity contribution is 8.00. The molecule has 1 aliphatic heterocycles. The SMILES string of the molecule is COc1ccc(NC(=O)[C@H]2CC(=O)n3cnnc3S2)cc1. The summed E-state index contributed by atoms with van der Waals surface area (Å²) in [5, 5.41) is 10.2. The summed E-state index contributed by atoms with van der Waals surface area (Å²) in [4.78, 5) is 24.1. The summed E-state index contributed by atoms with van der Waals surface area (Å²) >= 11 is 1.23. The molecule has 1 aromatic heterocycles. The molecule has 2 heterocycles. The minimum Gasteiger partial charge on any atom is -0.497 e. The first-order valence-electron chi connectivity index (χ1n) is 6.22. The average molecular weight is 304 g/mol. The minimum absolute atomic E-state index is 0.123. The highest BCUT2D eigenvalue weighted by Gasteiger charge is 2.31. The Morgan fingerprint density at radius 3 is 2.90 bits per heavy atom. The van der Waals surface area contributed by atoms with Crippen molar-refractivity contribution in [3.8, 4) is 5.75 Å². The van der Waals surface area contributed by atoms with Crippen LogP contribution >= 0.6 is 11.8 Å². The van der Waals surface area contributed by atoms with Crippen LogP contribution < -0.4 is 10.1 Å². The Balaban J connectivity index is 1.70. The average Bonchev–Trinajstić information content (AvgIpc) is 2.97. The third-order valence-electron chi connectivity index (χ3n) is 3.04. The maximum Gasteiger partial charge on any atom is 0.238 e. The van der Waals surface area contributed by atoms with Crippen LogP contribution in [0.25, 0.3) is 0 Å². The Hall–Kier alpha value is -2.35. The number of anilines is 1. The Morgan fingerprint density at radius 2 is 2.19 bits per heavy atom. The summed E-state index contributed by atoms with van der Waals surface area (Å²) in [6, 6.07) is 7.00. The lowest BCUT2D eigenvalue weighted by Gasteiger charge is -2.20. The number of ether oxygens (including phenoxy) is 1. The highest BCUT2D eigenvalue weighted by Crippen LogP contribution is 2.30. The second kappa shape index (κ2) is 5.57. The number of benzene rings is 1. The van der Waals surface area contributed by atoms with Gasteiger partial charge < -0.3 is 10.1 Å². The van der Waals surface area contributed by atoms with Gasteiger partial charge in [0.2, 0.25) is 11.8 Å². The smallest absolute Gasteiger partial charge is 0.238 e. The second-order valence-electron chi connectivity index (χ2n) is 4.41. The molecule has 21 heavy (non-hydrogen) atoms. The fraction of sp³-hybridized carbons (Fsp3) is 0.231. The van der Waals surface area contributed by atoms with Crippen LogP contribution in [-0.4, -0.2) is 38.9 Å². The van der Waals surface area contributed by atoms with Gasteiger partial charge in [-0.15, -0.1) is 10.2 Å². The van der Waals surface area contributed by atoms with E-state index in [1.165, 1.54) is 22.7 Å². The van der Waals surface area contributed by atoms with E-state index in [2.05, 4.69) is 15.5 Å². The van der Waals surface area contributed by atoms with Crippen molar-refractivity contribution in [1.29, 1.82) is 0 Å². The first-order chi connectivity index (χ1) is 10.2. The number of carbonyl (C=O) groups excluding carboxylic acids is 2. The Labute approximate surface area is 124 Å². The van der Waals surface area contributed by atoms with E-state index in [0.717, 1.165) is 0 Å². The van der Waals surface area contributed by atoms with Gasteiger partial charge in [-0.05, 0) is 24.3 Å². The fourth-order valence-corrected chi connectivity index (χ4v) is 2.95. The van der Waals surface area contributed by atoms with E-state index >= 15 is 0 Å². The van der Waals surface area contributed by atoms with Crippen LogP contribution in [0.2, 0.25) is 0 Å². The van der Waals surface area contributed by atoms with Crippen molar-refractivity contribution in [1.82, 2.24) is 14.8 Å². The second-order valence-corrected chi connectivity index (χ2v) is 5.58. The highest BCUT2D eigenvalue weighted by atomic mass is 32.2. The number of nitrogens with zero attached hydrogens (tertiary/aromatic N) is 3. The first kappa shape index (κ1) is 13.6. The molecule has 3 rings (SSSR count). The van der Waals surface area contributed by atoms with Gasteiger partial charge in [0.25, 0.3) is 0 Å². The number of nitrogens with one attached hydrogen (secondary N) is 1. The van der Waals surface area contributed by atoms with Gasteiger partial charge in [-0.25, -0.2) is 4.57 Å². The molecule has 0 saturated carbocycles. The lowest BCUT2D eigenvalue weighted by Crippen LogP contribution is -2.32. The molecule has 1 N–H and O–H groups in total. The van der Waals surface area contributed by atoms with Crippen LogP contribution in [0.4, 0.5) is 5.69 Å². The molecule has 8 heteroatoms. The van der Waals surface area contributed by atoms with Crippen molar-refractivity contribution < 1.29 is 14.3 Å². The van der Waals surface area contributed by atoms with Crippen LogP contribution in [0.1, 0.15) is 11.2 Å². The van der Waals surface area contributed by atoms with Gasteiger partial charge in [-0.3, -0.25) is 9.59 Å². The van der Waals surface area contributed by atoms with Crippen LogP contribution in [0.15, 0.2) is 35.7 Å². The normalized spacial score (nSPS) is 17.2. The molecule has 0 radical (unpaired) electrons. The fourth-order valence-electron chi connectivity index (χ4n) is 1.95. The zero-order valence-corrected chi connectivity index (χ0v) is 12.0. The van der Waals surface area contributed by atoms with E-state index in [1.807, 2.05) is 0 Å². The van der Waals surface area contributed by atoms with E-state index in [4.69, 9.17) is 4.74 Å². The number of thioether (sulfide) groups is 1. The van der Waals surface area contributed by atoms with Gasteiger partial charge in [0.05, 0.1) is 7.11 Å². The third-order valence-corrected chi connectivity index (χ3v) is 4.20. The molecule has 0 bridgehead atoms. The van der Waals surface area contributed by atoms with E-state index in [-0.39, 0.29) is 18.2 Å². The number of rotatable bonds is 3. The lowest BCUT2D eigenvalue weighted by atomic mass is 10.2. The standard InChI is InChI=1S/C13H12N4O3S/c1-20-9-4-2-8(3-5-9)15-12(19)10-6-11(18)17-7-14-16-13(17)21-10/h2-5,7,10H,6H2,1H3,(H,15,19)/t10-/m1/s1. The summed E-state index contributed by atoms with van der Waals surface area (Å²) in [5.41, 5.74) is 0.654. The molecular weight excluding hydrogens is 292 g/mol. The van der Waals surface area contributed by atoms with Crippen LogP contribution in [0.5, 0.6) is 5.75 Å². The number of amides is 1. The van der Waals surface area contributed by atoms with Gasteiger partial charge >= 0.3 is 0 Å². The number of methoxy groups -OCH3 is 1. The molecule has 2 aromatic rings. The predicted molar refractivity (Wildman–Crippen MR) is 76.5 cm³/mol. The maximum atomic E-state index is 12.2. The molecule has 0 fully saturated rings. The van der Waals surface area contributed by atoms with E-state index in [0.29, 0.717) is 16.6 Å². The monoisotopic (exact) mass is 304 g/mol. The topological polar surface area (TPSA) is 86.1 Å². The Kier molecular flexibility index (Phi) is 3.61. The maximum absolute atomic E-state index is 12.2. The molecule has 1 aromatic carbocycles. The van der Waals surface area contributed by atoms with Gasteiger partial charge in [-0.2, -0.15) is 0 Å². The number of aromatic nitrogens is 3. The van der Waals surface area contributed by atoms with Crippen molar-refractivity contribution in [2.24, 2.45) is 0 Å². The lowest BCUT2D eigenvalue weighted by molar-refractivity contribution is -0.115. The summed E-state index contributed by atoms with van der Waals surface area (Å²) in [6.07, 6.45) is 1.49. The van der Waals surface area contributed by atoms with Crippen LogP contribution in [-0.2, 0) is 4.79 Å². The molecule has 0 unspecified atom stereocenters. The Bertz CT molecular complexity index is 683. The third kappa shape index (κ3) is 2.75. The number of carbonyl (C=O) groups is 2.